The van der Waals surface area contributed by atoms with Crippen LogP contribution in [-0.2, 0) is 14.3 Å². The van der Waals surface area contributed by atoms with Gasteiger partial charge in [-0.3, -0.25) is 4.79 Å². The Kier molecular flexibility index (Phi) is 3.85. The molecule has 84 valence electrons. The van der Waals surface area contributed by atoms with Crippen LogP contribution < -0.4 is 5.32 Å². The van der Waals surface area contributed by atoms with Crippen molar-refractivity contribution in [1.82, 2.24) is 5.32 Å². The van der Waals surface area contributed by atoms with E-state index >= 15 is 0 Å². The third kappa shape index (κ3) is 3.06. The molecule has 0 aliphatic carbocycles. The van der Waals surface area contributed by atoms with Crippen molar-refractivity contribution >= 4 is 11.9 Å². The Bertz CT molecular complexity index is 277. The first-order chi connectivity index (χ1) is 7.04. The zero-order valence-corrected chi connectivity index (χ0v) is 8.60. The number of ether oxygens (including phenoxy) is 1. The monoisotopic (exact) mass is 213 g/mol. The number of carbonyl (C=O) groups is 2. The maximum Gasteiger partial charge on any atom is 0.332 e. The molecule has 5 heteroatoms. The Morgan fingerprint density at radius 1 is 1.53 bits per heavy atom. The second kappa shape index (κ2) is 4.93. The van der Waals surface area contributed by atoms with Gasteiger partial charge in [0.05, 0.1) is 0 Å². The van der Waals surface area contributed by atoms with Crippen LogP contribution in [0.3, 0.4) is 0 Å². The highest BCUT2D eigenvalue weighted by Crippen LogP contribution is 2.19. The molecule has 2 N–H and O–H groups in total. The molecule has 1 aliphatic heterocycles. The van der Waals surface area contributed by atoms with Crippen molar-refractivity contribution in [3.63, 3.8) is 0 Å². The van der Waals surface area contributed by atoms with E-state index in [9.17, 15) is 9.59 Å². The first-order valence-corrected chi connectivity index (χ1v) is 4.85. The van der Waals surface area contributed by atoms with Gasteiger partial charge < -0.3 is 15.2 Å². The molecule has 0 aromatic heterocycles. The van der Waals surface area contributed by atoms with Gasteiger partial charge in [0.1, 0.15) is 6.10 Å². The van der Waals surface area contributed by atoms with Crippen molar-refractivity contribution in [1.29, 1.82) is 0 Å². The lowest BCUT2D eigenvalue weighted by Gasteiger charge is -2.14. The van der Waals surface area contributed by atoms with Gasteiger partial charge in [0.2, 0.25) is 5.91 Å². The van der Waals surface area contributed by atoms with Gasteiger partial charge in [0, 0.05) is 6.04 Å². The summed E-state index contributed by atoms with van der Waals surface area (Å²) in [5, 5.41) is 11.3. The minimum Gasteiger partial charge on any atom is -0.479 e. The molecule has 1 aliphatic rings. The lowest BCUT2D eigenvalue weighted by atomic mass is 10.2. The maximum absolute atomic E-state index is 11.5. The molecule has 1 fully saturated rings. The molecule has 0 saturated carbocycles. The Morgan fingerprint density at radius 3 is 2.60 bits per heavy atom. The second-order valence-electron chi connectivity index (χ2n) is 3.56. The molecule has 1 rings (SSSR count). The van der Waals surface area contributed by atoms with Gasteiger partial charge in [-0.1, -0.05) is 6.08 Å². The standard InChI is InChI=1S/C10H15NO4/c1-3-6(2)11-9(12)7-4-5-8(15-7)10(13)14/h3,6-8H,1,4-5H2,2H3,(H,11,12)(H,13,14). The average Bonchev–Trinajstić information content (AvgIpc) is 2.66. The number of carboxylic acids is 1. The van der Waals surface area contributed by atoms with E-state index < -0.39 is 18.2 Å². The fourth-order valence-electron chi connectivity index (χ4n) is 1.39. The van der Waals surface area contributed by atoms with E-state index in [0.29, 0.717) is 12.8 Å². The molecule has 1 saturated heterocycles. The highest BCUT2D eigenvalue weighted by Gasteiger charge is 2.34. The molecular formula is C10H15NO4. The summed E-state index contributed by atoms with van der Waals surface area (Å²) in [5.74, 6) is -1.28. The van der Waals surface area contributed by atoms with Crippen LogP contribution in [0.5, 0.6) is 0 Å². The molecule has 0 radical (unpaired) electrons. The number of carboxylic acid groups (broad SMARTS) is 1. The summed E-state index contributed by atoms with van der Waals surface area (Å²) in [5.41, 5.74) is 0. The minimum absolute atomic E-state index is 0.134. The van der Waals surface area contributed by atoms with Crippen LogP contribution in [-0.4, -0.2) is 35.2 Å². The third-order valence-corrected chi connectivity index (χ3v) is 2.31. The number of carbonyl (C=O) groups excluding carboxylic acids is 1. The van der Waals surface area contributed by atoms with Crippen molar-refractivity contribution in [3.8, 4) is 0 Å². The van der Waals surface area contributed by atoms with Crippen molar-refractivity contribution in [2.24, 2.45) is 0 Å². The van der Waals surface area contributed by atoms with Crippen LogP contribution in [0.4, 0.5) is 0 Å². The second-order valence-corrected chi connectivity index (χ2v) is 3.56. The van der Waals surface area contributed by atoms with Gasteiger partial charge in [0.15, 0.2) is 6.10 Å². The molecule has 15 heavy (non-hydrogen) atoms. The predicted molar refractivity (Wildman–Crippen MR) is 53.3 cm³/mol. The molecule has 3 atom stereocenters. The molecule has 0 bridgehead atoms. The van der Waals surface area contributed by atoms with Crippen molar-refractivity contribution < 1.29 is 19.4 Å². The van der Waals surface area contributed by atoms with E-state index in [1.54, 1.807) is 13.0 Å². The van der Waals surface area contributed by atoms with Gasteiger partial charge in [-0.2, -0.15) is 0 Å². The number of hydrogen-bond donors (Lipinski definition) is 2. The lowest BCUT2D eigenvalue weighted by molar-refractivity contribution is -0.151. The lowest BCUT2D eigenvalue weighted by Crippen LogP contribution is -2.39. The van der Waals surface area contributed by atoms with E-state index in [0.717, 1.165) is 0 Å². The van der Waals surface area contributed by atoms with Crippen LogP contribution >= 0.6 is 0 Å². The minimum atomic E-state index is -1.01. The Hall–Kier alpha value is -1.36. The van der Waals surface area contributed by atoms with Gasteiger partial charge in [-0.25, -0.2) is 4.79 Å². The van der Waals surface area contributed by atoms with Gasteiger partial charge in [-0.05, 0) is 19.8 Å². The van der Waals surface area contributed by atoms with Crippen molar-refractivity contribution in [3.05, 3.63) is 12.7 Å². The number of rotatable bonds is 4. The third-order valence-electron chi connectivity index (χ3n) is 2.31. The SMILES string of the molecule is C=CC(C)NC(=O)C1CCC(C(=O)O)O1. The summed E-state index contributed by atoms with van der Waals surface area (Å²) >= 11 is 0. The fourth-order valence-corrected chi connectivity index (χ4v) is 1.39. The average molecular weight is 213 g/mol. The molecule has 0 aromatic rings. The zero-order valence-electron chi connectivity index (χ0n) is 8.60. The van der Waals surface area contributed by atoms with Crippen LogP contribution in [0.15, 0.2) is 12.7 Å². The summed E-state index contributed by atoms with van der Waals surface area (Å²) in [6.45, 7) is 5.32. The summed E-state index contributed by atoms with van der Waals surface area (Å²) in [7, 11) is 0. The summed E-state index contributed by atoms with van der Waals surface area (Å²) in [6.07, 6.45) is 0.942. The number of amides is 1. The Morgan fingerprint density at radius 2 is 2.13 bits per heavy atom. The highest BCUT2D eigenvalue weighted by atomic mass is 16.5. The Labute approximate surface area is 88.1 Å². The smallest absolute Gasteiger partial charge is 0.332 e. The normalized spacial score (nSPS) is 27.0. The molecule has 0 aromatic carbocycles. The van der Waals surface area contributed by atoms with Crippen LogP contribution in [0.1, 0.15) is 19.8 Å². The van der Waals surface area contributed by atoms with E-state index in [1.165, 1.54) is 0 Å². The van der Waals surface area contributed by atoms with Gasteiger partial charge in [-0.15, -0.1) is 6.58 Å². The van der Waals surface area contributed by atoms with Crippen LogP contribution in [0.25, 0.3) is 0 Å². The van der Waals surface area contributed by atoms with E-state index in [-0.39, 0.29) is 11.9 Å². The quantitative estimate of drug-likeness (QED) is 0.659. The molecule has 1 heterocycles. The van der Waals surface area contributed by atoms with E-state index in [4.69, 9.17) is 9.84 Å². The van der Waals surface area contributed by atoms with Gasteiger partial charge in [0.25, 0.3) is 0 Å². The van der Waals surface area contributed by atoms with Crippen molar-refractivity contribution in [2.75, 3.05) is 0 Å². The molecule has 0 spiro atoms. The molecule has 3 unspecified atom stereocenters. The first-order valence-electron chi connectivity index (χ1n) is 4.85. The molecule has 5 nitrogen and oxygen atoms in total. The summed E-state index contributed by atoms with van der Waals surface area (Å²) < 4.78 is 5.08. The van der Waals surface area contributed by atoms with Crippen molar-refractivity contribution in [2.45, 2.75) is 38.0 Å². The Balaban J connectivity index is 2.43. The fraction of sp³-hybridized carbons (Fsp3) is 0.600. The van der Waals surface area contributed by atoms with Crippen LogP contribution in [0.2, 0.25) is 0 Å². The summed E-state index contributed by atoms with van der Waals surface area (Å²) in [6, 6.07) is -0.134. The van der Waals surface area contributed by atoms with Gasteiger partial charge >= 0.3 is 5.97 Å². The number of nitrogens with one attached hydrogen (secondary N) is 1. The zero-order chi connectivity index (χ0) is 11.4. The largest absolute Gasteiger partial charge is 0.479 e. The van der Waals surface area contributed by atoms with E-state index in [2.05, 4.69) is 11.9 Å². The maximum atomic E-state index is 11.5. The number of hydrogen-bond acceptors (Lipinski definition) is 3. The molecule has 1 amide bonds. The molecular weight excluding hydrogens is 198 g/mol. The van der Waals surface area contributed by atoms with Crippen LogP contribution in [0, 0.1) is 0 Å². The topological polar surface area (TPSA) is 75.6 Å². The van der Waals surface area contributed by atoms with E-state index in [1.807, 2.05) is 0 Å². The summed E-state index contributed by atoms with van der Waals surface area (Å²) in [4.78, 5) is 22.1. The predicted octanol–water partition coefficient (Wildman–Crippen LogP) is 0.309. The first kappa shape index (κ1) is 11.7. The highest BCUT2D eigenvalue weighted by molar-refractivity contribution is 5.82. The number of aliphatic carboxylic acids is 1.